The predicted octanol–water partition coefficient (Wildman–Crippen LogP) is 5.43. The van der Waals surface area contributed by atoms with Crippen LogP contribution in [0.1, 0.15) is 50.1 Å². The highest BCUT2D eigenvalue weighted by molar-refractivity contribution is 5.71. The molecular weight excluding hydrogens is 374 g/mol. The zero-order chi connectivity index (χ0) is 21.1. The van der Waals surface area contributed by atoms with Crippen LogP contribution in [0.25, 0.3) is 16.9 Å². The summed E-state index contributed by atoms with van der Waals surface area (Å²) in [4.78, 5) is 21.7. The van der Waals surface area contributed by atoms with Crippen molar-refractivity contribution in [1.82, 2.24) is 14.4 Å². The second-order valence-electron chi connectivity index (χ2n) is 7.50. The van der Waals surface area contributed by atoms with Gasteiger partial charge in [0.1, 0.15) is 5.69 Å². The topological polar surface area (TPSA) is 56.5 Å². The lowest BCUT2D eigenvalue weighted by Crippen LogP contribution is -2.08. The zero-order valence-corrected chi connectivity index (χ0v) is 17.5. The molecule has 4 rings (SSSR count). The SMILES string of the molecule is CCC(C)c1nc2c(Cc3ccccc3)nc(-c3ccccc3)cn2c1OC(C)=O. The van der Waals surface area contributed by atoms with Crippen LogP contribution in [0.3, 0.4) is 0 Å². The van der Waals surface area contributed by atoms with Gasteiger partial charge in [-0.05, 0) is 12.0 Å². The van der Waals surface area contributed by atoms with E-state index in [0.717, 1.165) is 40.3 Å². The molecule has 4 aromatic rings. The standard InChI is InChI=1S/C25H25N3O2/c1-4-17(2)23-25(30-18(3)29)28-16-22(20-13-9-6-10-14-20)26-21(24(28)27-23)15-19-11-7-5-8-12-19/h5-14,16-17H,4,15H2,1-3H3. The molecule has 0 saturated carbocycles. The van der Waals surface area contributed by atoms with Gasteiger partial charge in [0, 0.05) is 31.0 Å². The maximum absolute atomic E-state index is 11.9. The van der Waals surface area contributed by atoms with Gasteiger partial charge in [-0.15, -0.1) is 0 Å². The van der Waals surface area contributed by atoms with Crippen LogP contribution < -0.4 is 4.74 Å². The molecule has 0 spiro atoms. The van der Waals surface area contributed by atoms with Gasteiger partial charge in [0.05, 0.1) is 11.4 Å². The number of carbonyl (C=O) groups is 1. The molecule has 5 nitrogen and oxygen atoms in total. The second kappa shape index (κ2) is 8.49. The van der Waals surface area contributed by atoms with Crippen molar-refractivity contribution in [1.29, 1.82) is 0 Å². The van der Waals surface area contributed by atoms with Crippen LogP contribution in [0.4, 0.5) is 0 Å². The number of fused-ring (bicyclic) bond motifs is 1. The van der Waals surface area contributed by atoms with Gasteiger partial charge >= 0.3 is 5.97 Å². The molecule has 0 amide bonds. The Kier molecular flexibility index (Phi) is 5.61. The van der Waals surface area contributed by atoms with E-state index < -0.39 is 0 Å². The largest absolute Gasteiger partial charge is 0.407 e. The number of aromatic nitrogens is 3. The molecule has 0 N–H and O–H groups in total. The molecule has 0 saturated heterocycles. The molecule has 0 radical (unpaired) electrons. The van der Waals surface area contributed by atoms with Gasteiger partial charge in [-0.1, -0.05) is 74.5 Å². The highest BCUT2D eigenvalue weighted by atomic mass is 16.5. The van der Waals surface area contributed by atoms with Crippen molar-refractivity contribution in [2.75, 3.05) is 0 Å². The Morgan fingerprint density at radius 2 is 1.70 bits per heavy atom. The molecule has 0 fully saturated rings. The lowest BCUT2D eigenvalue weighted by atomic mass is 10.1. The van der Waals surface area contributed by atoms with E-state index in [1.807, 2.05) is 59.1 Å². The third-order valence-electron chi connectivity index (χ3n) is 5.26. The number of esters is 1. The van der Waals surface area contributed by atoms with Crippen molar-refractivity contribution < 1.29 is 9.53 Å². The quantitative estimate of drug-likeness (QED) is 0.406. The third kappa shape index (κ3) is 3.96. The second-order valence-corrected chi connectivity index (χ2v) is 7.50. The summed E-state index contributed by atoms with van der Waals surface area (Å²) in [6.45, 7) is 5.62. The van der Waals surface area contributed by atoms with Crippen LogP contribution in [-0.2, 0) is 11.2 Å². The molecule has 0 aliphatic heterocycles. The van der Waals surface area contributed by atoms with E-state index in [9.17, 15) is 4.79 Å². The van der Waals surface area contributed by atoms with Crippen LogP contribution in [0.15, 0.2) is 66.9 Å². The van der Waals surface area contributed by atoms with E-state index in [-0.39, 0.29) is 11.9 Å². The van der Waals surface area contributed by atoms with Crippen LogP contribution in [0, 0.1) is 0 Å². The number of hydrogen-bond acceptors (Lipinski definition) is 4. The van der Waals surface area contributed by atoms with E-state index in [4.69, 9.17) is 14.7 Å². The summed E-state index contributed by atoms with van der Waals surface area (Å²) in [5.74, 6) is 0.286. The lowest BCUT2D eigenvalue weighted by molar-refractivity contribution is -0.132. The van der Waals surface area contributed by atoms with E-state index >= 15 is 0 Å². The first-order valence-corrected chi connectivity index (χ1v) is 10.3. The van der Waals surface area contributed by atoms with Gasteiger partial charge in [-0.3, -0.25) is 9.20 Å². The Morgan fingerprint density at radius 1 is 1.03 bits per heavy atom. The van der Waals surface area contributed by atoms with Crippen molar-refractivity contribution >= 4 is 11.6 Å². The minimum Gasteiger partial charge on any atom is -0.407 e. The fourth-order valence-electron chi connectivity index (χ4n) is 3.51. The van der Waals surface area contributed by atoms with Crippen molar-refractivity contribution in [3.05, 3.63) is 83.8 Å². The minimum absolute atomic E-state index is 0.156. The van der Waals surface area contributed by atoms with Gasteiger partial charge in [0.2, 0.25) is 5.88 Å². The number of imidazole rings is 1. The number of ether oxygens (including phenoxy) is 1. The van der Waals surface area contributed by atoms with Gasteiger partial charge in [0.15, 0.2) is 5.65 Å². The first-order chi connectivity index (χ1) is 14.6. The average Bonchev–Trinajstić information content (AvgIpc) is 3.12. The summed E-state index contributed by atoms with van der Waals surface area (Å²) in [5.41, 5.74) is 5.33. The van der Waals surface area contributed by atoms with Crippen molar-refractivity contribution in [3.63, 3.8) is 0 Å². The maximum Gasteiger partial charge on any atom is 0.309 e. The molecule has 2 aromatic heterocycles. The molecule has 0 aliphatic rings. The first kappa shape index (κ1) is 19.8. The zero-order valence-electron chi connectivity index (χ0n) is 17.5. The van der Waals surface area contributed by atoms with Crippen LogP contribution >= 0.6 is 0 Å². The van der Waals surface area contributed by atoms with Crippen LogP contribution in [0.5, 0.6) is 5.88 Å². The Bertz CT molecular complexity index is 1170. The molecule has 152 valence electrons. The summed E-state index contributed by atoms with van der Waals surface area (Å²) in [7, 11) is 0. The molecule has 2 aromatic carbocycles. The monoisotopic (exact) mass is 399 g/mol. The molecule has 2 heterocycles. The Hall–Kier alpha value is -3.47. The highest BCUT2D eigenvalue weighted by Gasteiger charge is 2.23. The summed E-state index contributed by atoms with van der Waals surface area (Å²) in [5, 5.41) is 0. The van der Waals surface area contributed by atoms with Crippen molar-refractivity contribution in [3.8, 4) is 17.1 Å². The molecule has 1 unspecified atom stereocenters. The molecule has 30 heavy (non-hydrogen) atoms. The number of nitrogens with zero attached hydrogens (tertiary/aromatic N) is 3. The number of rotatable bonds is 6. The smallest absolute Gasteiger partial charge is 0.309 e. The summed E-state index contributed by atoms with van der Waals surface area (Å²) in [6.07, 6.45) is 3.45. The number of benzene rings is 2. The summed E-state index contributed by atoms with van der Waals surface area (Å²) in [6, 6.07) is 20.2. The van der Waals surface area contributed by atoms with Crippen LogP contribution in [0.2, 0.25) is 0 Å². The normalized spacial score (nSPS) is 12.1. The molecule has 0 aliphatic carbocycles. The van der Waals surface area contributed by atoms with E-state index in [0.29, 0.717) is 12.3 Å². The van der Waals surface area contributed by atoms with E-state index in [2.05, 4.69) is 26.0 Å². The van der Waals surface area contributed by atoms with Crippen molar-refractivity contribution in [2.24, 2.45) is 0 Å². The molecule has 1 atom stereocenters. The Morgan fingerprint density at radius 3 is 2.33 bits per heavy atom. The highest BCUT2D eigenvalue weighted by Crippen LogP contribution is 2.32. The van der Waals surface area contributed by atoms with Gasteiger partial charge in [-0.2, -0.15) is 0 Å². The minimum atomic E-state index is -0.357. The first-order valence-electron chi connectivity index (χ1n) is 10.3. The number of carbonyl (C=O) groups excluding carboxylic acids is 1. The fraction of sp³-hybridized carbons (Fsp3) is 0.240. The van der Waals surface area contributed by atoms with Gasteiger partial charge in [0.25, 0.3) is 0 Å². The average molecular weight is 399 g/mol. The summed E-state index contributed by atoms with van der Waals surface area (Å²) < 4.78 is 7.54. The van der Waals surface area contributed by atoms with Gasteiger partial charge < -0.3 is 4.74 Å². The molecule has 0 bridgehead atoms. The Labute approximate surface area is 176 Å². The van der Waals surface area contributed by atoms with Crippen LogP contribution in [-0.4, -0.2) is 20.3 Å². The molecule has 5 heteroatoms. The number of hydrogen-bond donors (Lipinski definition) is 0. The lowest BCUT2D eigenvalue weighted by Gasteiger charge is -2.10. The van der Waals surface area contributed by atoms with Crippen molar-refractivity contribution in [2.45, 2.75) is 39.5 Å². The molecular formula is C25H25N3O2. The summed E-state index contributed by atoms with van der Waals surface area (Å²) >= 11 is 0. The Balaban J connectivity index is 1.97. The van der Waals surface area contributed by atoms with E-state index in [1.54, 1.807) is 0 Å². The fourth-order valence-corrected chi connectivity index (χ4v) is 3.51. The maximum atomic E-state index is 11.9. The predicted molar refractivity (Wildman–Crippen MR) is 118 cm³/mol. The van der Waals surface area contributed by atoms with E-state index in [1.165, 1.54) is 6.92 Å². The third-order valence-corrected chi connectivity index (χ3v) is 5.26. The van der Waals surface area contributed by atoms with Gasteiger partial charge in [-0.25, -0.2) is 9.97 Å².